The Hall–Kier alpha value is -1.41. The molecular weight excluding hydrogens is 280 g/mol. The maximum Gasteiger partial charge on any atom is 0.276 e. The van der Waals surface area contributed by atoms with E-state index in [1.54, 1.807) is 4.90 Å². The van der Waals surface area contributed by atoms with Crippen molar-refractivity contribution in [3.05, 3.63) is 11.4 Å². The molecule has 0 unspecified atom stereocenters. The van der Waals surface area contributed by atoms with E-state index in [-0.39, 0.29) is 22.5 Å². The second kappa shape index (κ2) is 5.53. The van der Waals surface area contributed by atoms with Crippen molar-refractivity contribution in [3.63, 3.8) is 0 Å². The number of hydrogen-bond donors (Lipinski definition) is 2. The summed E-state index contributed by atoms with van der Waals surface area (Å²) in [5.41, 5.74) is 0.204. The number of aryl methyl sites for hydroxylation is 1. The molecule has 1 aliphatic carbocycles. The maximum absolute atomic E-state index is 12.5. The summed E-state index contributed by atoms with van der Waals surface area (Å²) < 4.78 is 23.2. The Morgan fingerprint density at radius 1 is 1.50 bits per heavy atom. The third-order valence-electron chi connectivity index (χ3n) is 3.38. The first-order chi connectivity index (χ1) is 9.36. The lowest BCUT2D eigenvalue weighted by molar-refractivity contribution is 0.0730. The number of H-pyrrole nitrogens is 1. The minimum absolute atomic E-state index is 0.0898. The molecule has 0 aliphatic heterocycles. The van der Waals surface area contributed by atoms with Gasteiger partial charge in [0.05, 0.1) is 5.69 Å². The van der Waals surface area contributed by atoms with Crippen molar-refractivity contribution in [1.29, 1.82) is 0 Å². The molecular formula is C12H20N4O3S. The van der Waals surface area contributed by atoms with Crippen LogP contribution in [0.2, 0.25) is 0 Å². The van der Waals surface area contributed by atoms with Crippen LogP contribution in [0.4, 0.5) is 0 Å². The van der Waals surface area contributed by atoms with Gasteiger partial charge in [0.25, 0.3) is 5.91 Å². The highest BCUT2D eigenvalue weighted by molar-refractivity contribution is 7.89. The van der Waals surface area contributed by atoms with Crippen molar-refractivity contribution >= 4 is 15.9 Å². The molecule has 0 saturated heterocycles. The molecule has 1 aromatic heterocycles. The predicted molar refractivity (Wildman–Crippen MR) is 73.7 cm³/mol. The first kappa shape index (κ1) is 15.0. The van der Waals surface area contributed by atoms with Gasteiger partial charge in [-0.2, -0.15) is 5.10 Å². The van der Waals surface area contributed by atoms with Crippen LogP contribution in [0.3, 0.4) is 0 Å². The Kier molecular flexibility index (Phi) is 4.14. The molecule has 20 heavy (non-hydrogen) atoms. The quantitative estimate of drug-likeness (QED) is 0.808. The van der Waals surface area contributed by atoms with Gasteiger partial charge in [0.1, 0.15) is 4.90 Å². The zero-order valence-electron chi connectivity index (χ0n) is 11.7. The van der Waals surface area contributed by atoms with E-state index >= 15 is 0 Å². The summed E-state index contributed by atoms with van der Waals surface area (Å²) in [6.07, 6.45) is 3.78. The molecule has 1 heterocycles. The van der Waals surface area contributed by atoms with Crippen molar-refractivity contribution in [3.8, 4) is 0 Å². The first-order valence-corrected chi connectivity index (χ1v) is 8.29. The molecule has 2 rings (SSSR count). The number of hydrogen-bond acceptors (Lipinski definition) is 4. The van der Waals surface area contributed by atoms with Gasteiger partial charge in [-0.15, -0.1) is 0 Å². The van der Waals surface area contributed by atoms with Crippen molar-refractivity contribution in [2.45, 2.75) is 50.5 Å². The van der Waals surface area contributed by atoms with Gasteiger partial charge in [0.2, 0.25) is 10.0 Å². The van der Waals surface area contributed by atoms with E-state index in [1.807, 2.05) is 6.92 Å². The molecule has 0 aromatic carbocycles. The number of carbonyl (C=O) groups excluding carboxylic acids is 1. The fraction of sp³-hybridized carbons (Fsp3) is 0.667. The second-order valence-electron chi connectivity index (χ2n) is 5.15. The van der Waals surface area contributed by atoms with E-state index in [2.05, 4.69) is 10.2 Å². The second-order valence-corrected chi connectivity index (χ2v) is 6.65. The number of nitrogens with one attached hydrogen (secondary N) is 1. The highest BCUT2D eigenvalue weighted by Crippen LogP contribution is 2.29. The smallest absolute Gasteiger partial charge is 0.276 e. The van der Waals surface area contributed by atoms with Gasteiger partial charge in [0, 0.05) is 12.6 Å². The van der Waals surface area contributed by atoms with Gasteiger partial charge < -0.3 is 4.90 Å². The number of carbonyl (C=O) groups is 1. The third-order valence-corrected chi connectivity index (χ3v) is 4.45. The molecule has 0 bridgehead atoms. The number of aromatic nitrogens is 2. The minimum Gasteiger partial charge on any atom is -0.334 e. The number of primary sulfonamides is 1. The van der Waals surface area contributed by atoms with E-state index in [0.29, 0.717) is 12.2 Å². The van der Waals surface area contributed by atoms with E-state index in [9.17, 15) is 13.2 Å². The molecule has 112 valence electrons. The van der Waals surface area contributed by atoms with E-state index in [1.165, 1.54) is 6.92 Å². The molecule has 0 spiro atoms. The van der Waals surface area contributed by atoms with Crippen LogP contribution in [0.1, 0.15) is 48.8 Å². The Bertz CT molecular complexity index is 604. The van der Waals surface area contributed by atoms with E-state index in [4.69, 9.17) is 5.14 Å². The number of nitrogens with zero attached hydrogens (tertiary/aromatic N) is 2. The number of aromatic amines is 1. The summed E-state index contributed by atoms with van der Waals surface area (Å²) >= 11 is 0. The lowest BCUT2D eigenvalue weighted by Gasteiger charge is -2.21. The highest BCUT2D eigenvalue weighted by Gasteiger charge is 2.36. The van der Waals surface area contributed by atoms with E-state index in [0.717, 1.165) is 25.7 Å². The van der Waals surface area contributed by atoms with Crippen molar-refractivity contribution < 1.29 is 13.2 Å². The molecule has 3 N–H and O–H groups in total. The minimum atomic E-state index is -3.97. The number of amides is 1. The molecule has 1 aliphatic rings. The molecule has 1 amide bonds. The fourth-order valence-electron chi connectivity index (χ4n) is 2.21. The average Bonchev–Trinajstić information content (AvgIpc) is 3.10. The summed E-state index contributed by atoms with van der Waals surface area (Å²) in [4.78, 5) is 14.1. The Morgan fingerprint density at radius 2 is 2.15 bits per heavy atom. The van der Waals surface area contributed by atoms with Gasteiger partial charge in [-0.05, 0) is 26.2 Å². The SMILES string of the molecule is CCCCN(C(=O)c1n[nH]c(C)c1S(N)(=O)=O)C1CC1. The number of sulfonamides is 1. The standard InChI is InChI=1S/C12H20N4O3S/c1-3-4-7-16(9-5-6-9)12(17)10-11(20(13,18)19)8(2)14-15-10/h9H,3-7H2,1-2H3,(H,14,15)(H2,13,18,19). The average molecular weight is 300 g/mol. The summed E-state index contributed by atoms with van der Waals surface area (Å²) in [5, 5.41) is 11.6. The first-order valence-electron chi connectivity index (χ1n) is 6.75. The van der Waals surface area contributed by atoms with Crippen LogP contribution < -0.4 is 5.14 Å². The number of nitrogens with two attached hydrogens (primary N) is 1. The number of unbranched alkanes of at least 4 members (excludes halogenated alkanes) is 1. The lowest BCUT2D eigenvalue weighted by Crippen LogP contribution is -2.35. The molecule has 7 nitrogen and oxygen atoms in total. The Balaban J connectivity index is 2.32. The van der Waals surface area contributed by atoms with Crippen LogP contribution in [-0.4, -0.2) is 42.0 Å². The summed E-state index contributed by atoms with van der Waals surface area (Å²) in [5.74, 6) is -0.352. The summed E-state index contributed by atoms with van der Waals surface area (Å²) in [6, 6.07) is 0.208. The van der Waals surface area contributed by atoms with Crippen LogP contribution in [0.25, 0.3) is 0 Å². The van der Waals surface area contributed by atoms with Gasteiger partial charge >= 0.3 is 0 Å². The Morgan fingerprint density at radius 3 is 2.65 bits per heavy atom. The van der Waals surface area contributed by atoms with Crippen LogP contribution in [0, 0.1) is 6.92 Å². The van der Waals surface area contributed by atoms with Gasteiger partial charge in [-0.25, -0.2) is 13.6 Å². The largest absolute Gasteiger partial charge is 0.334 e. The van der Waals surface area contributed by atoms with Crippen LogP contribution >= 0.6 is 0 Å². The van der Waals surface area contributed by atoms with Crippen molar-refractivity contribution in [2.75, 3.05) is 6.54 Å². The third kappa shape index (κ3) is 3.01. The predicted octanol–water partition coefficient (Wildman–Crippen LogP) is 0.770. The number of rotatable bonds is 6. The van der Waals surface area contributed by atoms with Gasteiger partial charge in [-0.1, -0.05) is 13.3 Å². The normalized spacial score (nSPS) is 15.3. The summed E-state index contributed by atoms with van der Waals surface area (Å²) in [7, 11) is -3.97. The maximum atomic E-state index is 12.5. The molecule has 1 aromatic rings. The van der Waals surface area contributed by atoms with Gasteiger partial charge in [0.15, 0.2) is 5.69 Å². The zero-order valence-corrected chi connectivity index (χ0v) is 12.5. The fourth-order valence-corrected chi connectivity index (χ4v) is 3.09. The van der Waals surface area contributed by atoms with E-state index < -0.39 is 10.0 Å². The van der Waals surface area contributed by atoms with Crippen LogP contribution in [-0.2, 0) is 10.0 Å². The molecule has 0 radical (unpaired) electrons. The highest BCUT2D eigenvalue weighted by atomic mass is 32.2. The molecule has 1 saturated carbocycles. The van der Waals surface area contributed by atoms with Crippen LogP contribution in [0.15, 0.2) is 4.90 Å². The molecule has 1 fully saturated rings. The molecule has 0 atom stereocenters. The Labute approximate surface area is 118 Å². The van der Waals surface area contributed by atoms with Crippen LogP contribution in [0.5, 0.6) is 0 Å². The monoisotopic (exact) mass is 300 g/mol. The lowest BCUT2D eigenvalue weighted by atomic mass is 10.2. The van der Waals surface area contributed by atoms with Gasteiger partial charge in [-0.3, -0.25) is 9.89 Å². The van der Waals surface area contributed by atoms with Crippen molar-refractivity contribution in [2.24, 2.45) is 5.14 Å². The topological polar surface area (TPSA) is 109 Å². The van der Waals surface area contributed by atoms with Crippen molar-refractivity contribution in [1.82, 2.24) is 15.1 Å². The molecule has 8 heteroatoms. The zero-order chi connectivity index (χ0) is 14.9. The summed E-state index contributed by atoms with van der Waals surface area (Å²) in [6.45, 7) is 4.21.